The number of piperazine rings is 1. The van der Waals surface area contributed by atoms with E-state index in [1.165, 1.54) is 0 Å². The first-order valence-corrected chi connectivity index (χ1v) is 13.5. The van der Waals surface area contributed by atoms with E-state index in [0.717, 1.165) is 22.0 Å². The van der Waals surface area contributed by atoms with Gasteiger partial charge in [-0.25, -0.2) is 4.79 Å². The molecule has 5 rings (SSSR count). The number of nitrogens with one attached hydrogen (secondary N) is 3. The van der Waals surface area contributed by atoms with Crippen molar-refractivity contribution >= 4 is 34.4 Å². The molecule has 1 aliphatic rings. The van der Waals surface area contributed by atoms with Crippen LogP contribution in [0.5, 0.6) is 0 Å². The maximum Gasteiger partial charge on any atom is 0.318 e. The Labute approximate surface area is 233 Å². The van der Waals surface area contributed by atoms with Gasteiger partial charge in [-0.1, -0.05) is 55.5 Å². The lowest BCUT2D eigenvalue weighted by Gasteiger charge is -2.36. The normalized spacial score (nSPS) is 14.9. The van der Waals surface area contributed by atoms with Crippen LogP contribution >= 0.6 is 0 Å². The van der Waals surface area contributed by atoms with E-state index >= 15 is 0 Å². The number of hydrogen-bond acceptors (Lipinski definition) is 4. The first-order chi connectivity index (χ1) is 19.4. The van der Waals surface area contributed by atoms with E-state index in [1.54, 1.807) is 28.0 Å². The second-order valence-corrected chi connectivity index (χ2v) is 10.0. The molecule has 0 radical (unpaired) electrons. The lowest BCUT2D eigenvalue weighted by Crippen LogP contribution is -2.57. The Morgan fingerprint density at radius 3 is 2.35 bits per heavy atom. The van der Waals surface area contributed by atoms with Gasteiger partial charge in [0.1, 0.15) is 6.04 Å². The quantitative estimate of drug-likeness (QED) is 0.285. The molecular formula is C31H34N6O3. The van der Waals surface area contributed by atoms with Crippen molar-refractivity contribution in [2.45, 2.75) is 25.4 Å². The molecule has 1 aromatic heterocycles. The largest absolute Gasteiger partial charge is 0.361 e. The van der Waals surface area contributed by atoms with Gasteiger partial charge >= 0.3 is 6.03 Å². The molecule has 0 saturated carbocycles. The number of aromatic nitrogens is 1. The number of aromatic amines is 1. The topological polar surface area (TPSA) is 124 Å². The first kappa shape index (κ1) is 27.0. The van der Waals surface area contributed by atoms with E-state index in [2.05, 4.69) is 15.6 Å². The van der Waals surface area contributed by atoms with Crippen LogP contribution in [0.15, 0.2) is 85.1 Å². The Balaban J connectivity index is 1.32. The van der Waals surface area contributed by atoms with Crippen LogP contribution in [0.2, 0.25) is 0 Å². The molecule has 2 heterocycles. The number of anilines is 1. The highest BCUT2D eigenvalue weighted by molar-refractivity contribution is 5.98. The van der Waals surface area contributed by atoms with Crippen LogP contribution in [0, 0.1) is 0 Å². The molecule has 4 amide bonds. The van der Waals surface area contributed by atoms with Crippen molar-refractivity contribution in [1.29, 1.82) is 0 Å². The number of nitrogens with two attached hydrogens (primary N) is 1. The van der Waals surface area contributed by atoms with E-state index in [-0.39, 0.29) is 23.8 Å². The zero-order chi connectivity index (χ0) is 28.1. The summed E-state index contributed by atoms with van der Waals surface area (Å²) in [5.74, 6) is -0.706. The van der Waals surface area contributed by atoms with Crippen molar-refractivity contribution in [3.63, 3.8) is 0 Å². The van der Waals surface area contributed by atoms with Gasteiger partial charge in [-0.15, -0.1) is 0 Å². The maximum atomic E-state index is 13.7. The van der Waals surface area contributed by atoms with Crippen molar-refractivity contribution in [3.05, 3.63) is 102 Å². The predicted octanol–water partition coefficient (Wildman–Crippen LogP) is 3.91. The number of rotatable bonds is 7. The van der Waals surface area contributed by atoms with Crippen LogP contribution in [0.4, 0.5) is 10.5 Å². The Bertz CT molecular complexity index is 1490. The van der Waals surface area contributed by atoms with E-state index in [4.69, 9.17) is 5.73 Å². The van der Waals surface area contributed by atoms with Crippen molar-refractivity contribution in [2.24, 2.45) is 5.73 Å². The summed E-state index contributed by atoms with van der Waals surface area (Å²) in [6.45, 7) is 3.88. The minimum absolute atomic E-state index is 0.0504. The lowest BCUT2D eigenvalue weighted by molar-refractivity contribution is -0.118. The number of amides is 4. The lowest BCUT2D eigenvalue weighted by atomic mass is 9.92. The fraction of sp³-hybridized carbons (Fsp3) is 0.258. The smallest absolute Gasteiger partial charge is 0.318 e. The Morgan fingerprint density at radius 1 is 0.900 bits per heavy atom. The van der Waals surface area contributed by atoms with Crippen LogP contribution in [0.25, 0.3) is 10.9 Å². The van der Waals surface area contributed by atoms with E-state index in [9.17, 15) is 14.4 Å². The Morgan fingerprint density at radius 2 is 1.60 bits per heavy atom. The molecule has 3 aromatic carbocycles. The number of carbonyl (C=O) groups excluding carboxylic acids is 3. The molecule has 206 valence electrons. The summed E-state index contributed by atoms with van der Waals surface area (Å²) < 4.78 is 0. The number of hydrogen-bond donors (Lipinski definition) is 4. The third kappa shape index (κ3) is 5.84. The summed E-state index contributed by atoms with van der Waals surface area (Å²) in [6, 6.07) is 23.2. The van der Waals surface area contributed by atoms with Crippen LogP contribution in [0.1, 0.15) is 34.3 Å². The minimum Gasteiger partial charge on any atom is -0.361 e. The van der Waals surface area contributed by atoms with E-state index in [0.29, 0.717) is 44.0 Å². The number of fused-ring (bicyclic) bond motifs is 1. The zero-order valence-corrected chi connectivity index (χ0v) is 22.5. The monoisotopic (exact) mass is 538 g/mol. The van der Waals surface area contributed by atoms with Gasteiger partial charge in [-0.2, -0.15) is 0 Å². The number of carbonyl (C=O) groups is 3. The van der Waals surface area contributed by atoms with E-state index < -0.39 is 6.04 Å². The molecule has 4 aromatic rings. The summed E-state index contributed by atoms with van der Waals surface area (Å²) in [5.41, 5.74) is 9.82. The fourth-order valence-electron chi connectivity index (χ4n) is 5.16. The van der Waals surface area contributed by atoms with Gasteiger partial charge in [0.05, 0.1) is 0 Å². The van der Waals surface area contributed by atoms with Gasteiger partial charge in [0.2, 0.25) is 5.91 Å². The van der Waals surface area contributed by atoms with Crippen molar-refractivity contribution in [1.82, 2.24) is 20.1 Å². The van der Waals surface area contributed by atoms with Crippen molar-refractivity contribution in [3.8, 4) is 0 Å². The number of nitrogens with zero attached hydrogens (tertiary/aromatic N) is 2. The molecule has 0 aliphatic carbocycles. The number of urea groups is 1. The highest BCUT2D eigenvalue weighted by Gasteiger charge is 2.32. The van der Waals surface area contributed by atoms with Gasteiger partial charge in [-0.3, -0.25) is 9.59 Å². The van der Waals surface area contributed by atoms with Gasteiger partial charge in [0, 0.05) is 67.0 Å². The molecule has 0 bridgehead atoms. The second kappa shape index (κ2) is 12.0. The molecule has 1 fully saturated rings. The summed E-state index contributed by atoms with van der Waals surface area (Å²) in [5, 5.41) is 6.96. The molecule has 1 aliphatic heterocycles. The summed E-state index contributed by atoms with van der Waals surface area (Å²) >= 11 is 0. The Kier molecular flexibility index (Phi) is 8.12. The second-order valence-electron chi connectivity index (χ2n) is 10.0. The highest BCUT2D eigenvalue weighted by Crippen LogP contribution is 2.28. The van der Waals surface area contributed by atoms with Crippen LogP contribution in [-0.4, -0.2) is 64.9 Å². The number of para-hydroxylation sites is 1. The maximum absolute atomic E-state index is 13.7. The van der Waals surface area contributed by atoms with Gasteiger partial charge < -0.3 is 31.2 Å². The average Bonchev–Trinajstić information content (AvgIpc) is 3.44. The van der Waals surface area contributed by atoms with Crippen LogP contribution < -0.4 is 16.4 Å². The molecule has 5 N–H and O–H groups in total. The fourth-order valence-corrected chi connectivity index (χ4v) is 5.16. The van der Waals surface area contributed by atoms with E-state index in [1.807, 2.05) is 73.8 Å². The third-order valence-electron chi connectivity index (χ3n) is 7.48. The standard InChI is InChI=1S/C31H34N6O3/c1-21(26-20-33-27-13-6-5-12-25(26)27)28(29(38)34-24-11-7-8-22(18-24)19-32)35-31(40)37-16-14-36(15-17-37)30(39)23-9-3-2-4-10-23/h2-13,18,20-21,28,33H,14-17,19,32H2,1H3,(H,34,38)(H,35,40)/t21-,28-/m1/s1. The summed E-state index contributed by atoms with van der Waals surface area (Å²) in [6.07, 6.45) is 1.89. The minimum atomic E-state index is -0.850. The van der Waals surface area contributed by atoms with Crippen molar-refractivity contribution in [2.75, 3.05) is 31.5 Å². The Hall–Kier alpha value is -4.63. The van der Waals surface area contributed by atoms with Gasteiger partial charge in [0.25, 0.3) is 5.91 Å². The molecule has 9 heteroatoms. The summed E-state index contributed by atoms with van der Waals surface area (Å²) in [4.78, 5) is 46.6. The zero-order valence-electron chi connectivity index (χ0n) is 22.5. The average molecular weight is 539 g/mol. The van der Waals surface area contributed by atoms with Crippen LogP contribution in [0.3, 0.4) is 0 Å². The van der Waals surface area contributed by atoms with Crippen LogP contribution in [-0.2, 0) is 11.3 Å². The number of H-pyrrole nitrogens is 1. The first-order valence-electron chi connectivity index (χ1n) is 13.5. The molecule has 0 spiro atoms. The van der Waals surface area contributed by atoms with Gasteiger partial charge in [0.15, 0.2) is 0 Å². The summed E-state index contributed by atoms with van der Waals surface area (Å²) in [7, 11) is 0. The SMILES string of the molecule is C[C@H](c1c[nH]c2ccccc12)[C@@H](NC(=O)N1CCN(C(=O)c2ccccc2)CC1)C(=O)Nc1cccc(CN)c1. The molecular weight excluding hydrogens is 504 g/mol. The van der Waals surface area contributed by atoms with Crippen molar-refractivity contribution < 1.29 is 14.4 Å². The molecule has 1 saturated heterocycles. The predicted molar refractivity (Wildman–Crippen MR) is 156 cm³/mol. The number of benzene rings is 3. The highest BCUT2D eigenvalue weighted by atomic mass is 16.2. The van der Waals surface area contributed by atoms with Gasteiger partial charge in [-0.05, 0) is 41.5 Å². The molecule has 0 unspecified atom stereocenters. The molecule has 2 atom stereocenters. The molecule has 9 nitrogen and oxygen atoms in total. The third-order valence-corrected chi connectivity index (χ3v) is 7.48. The molecule has 40 heavy (non-hydrogen) atoms.